The van der Waals surface area contributed by atoms with Crippen LogP contribution in [0.25, 0.3) is 6.08 Å². The topological polar surface area (TPSA) is 173 Å². The first kappa shape index (κ1) is 23.7. The van der Waals surface area contributed by atoms with Crippen LogP contribution in [0, 0.1) is 10.1 Å². The predicted molar refractivity (Wildman–Crippen MR) is 110 cm³/mol. The number of nitro benzene ring substituents is 1. The molecule has 0 aliphatic carbocycles. The molecule has 0 aliphatic heterocycles. The van der Waals surface area contributed by atoms with Gasteiger partial charge < -0.3 is 20.3 Å². The van der Waals surface area contributed by atoms with Crippen LogP contribution in [0.5, 0.6) is 0 Å². The number of carbonyl (C=O) groups is 4. The molecular formula is C21H18N2O9. The summed E-state index contributed by atoms with van der Waals surface area (Å²) < 4.78 is 5.30. The Balaban J connectivity index is 2.24. The molecule has 11 heteroatoms. The van der Waals surface area contributed by atoms with Gasteiger partial charge in [0.25, 0.3) is 11.6 Å². The first-order chi connectivity index (χ1) is 15.2. The van der Waals surface area contributed by atoms with E-state index in [1.54, 1.807) is 0 Å². The van der Waals surface area contributed by atoms with Gasteiger partial charge in [0, 0.05) is 30.3 Å². The van der Waals surface area contributed by atoms with Crippen molar-refractivity contribution in [3.63, 3.8) is 0 Å². The molecule has 1 atom stereocenters. The van der Waals surface area contributed by atoms with Gasteiger partial charge in [-0.15, -0.1) is 0 Å². The number of rotatable bonds is 10. The highest BCUT2D eigenvalue weighted by molar-refractivity contribution is 5.93. The Morgan fingerprint density at radius 1 is 1.03 bits per heavy atom. The van der Waals surface area contributed by atoms with Crippen molar-refractivity contribution in [1.82, 2.24) is 5.32 Å². The van der Waals surface area contributed by atoms with Crippen molar-refractivity contribution in [2.45, 2.75) is 12.5 Å². The first-order valence-corrected chi connectivity index (χ1v) is 9.13. The SMILES string of the molecule is O=C(O)/C=C/c1ccc(C(OC(=O)c2ccc([N+](=O)[O-])cc2)C(=O)NCCC(=O)O)cc1. The lowest BCUT2D eigenvalue weighted by Gasteiger charge is -2.18. The smallest absolute Gasteiger partial charge is 0.339 e. The van der Waals surface area contributed by atoms with Crippen molar-refractivity contribution in [1.29, 1.82) is 0 Å². The van der Waals surface area contributed by atoms with E-state index in [-0.39, 0.29) is 29.8 Å². The average molecular weight is 442 g/mol. The fourth-order valence-corrected chi connectivity index (χ4v) is 2.50. The molecule has 2 aromatic rings. The number of aliphatic carboxylic acids is 2. The van der Waals surface area contributed by atoms with E-state index in [9.17, 15) is 29.3 Å². The highest BCUT2D eigenvalue weighted by Gasteiger charge is 2.26. The van der Waals surface area contributed by atoms with Crippen molar-refractivity contribution in [3.8, 4) is 0 Å². The molecule has 1 unspecified atom stereocenters. The van der Waals surface area contributed by atoms with Gasteiger partial charge in [0.2, 0.25) is 6.10 Å². The van der Waals surface area contributed by atoms with Gasteiger partial charge in [0.05, 0.1) is 16.9 Å². The zero-order chi connectivity index (χ0) is 23.7. The van der Waals surface area contributed by atoms with Crippen LogP contribution < -0.4 is 5.32 Å². The number of hydrogen-bond donors (Lipinski definition) is 3. The van der Waals surface area contributed by atoms with Crippen LogP contribution in [-0.2, 0) is 19.1 Å². The van der Waals surface area contributed by atoms with Crippen molar-refractivity contribution >= 4 is 35.6 Å². The monoisotopic (exact) mass is 442 g/mol. The van der Waals surface area contributed by atoms with Crippen LogP contribution in [0.2, 0.25) is 0 Å². The molecule has 166 valence electrons. The number of carboxylic acids is 2. The summed E-state index contributed by atoms with van der Waals surface area (Å²) in [5.41, 5.74) is 0.512. The molecule has 0 bridgehead atoms. The minimum absolute atomic E-state index is 0.0278. The number of ether oxygens (including phenoxy) is 1. The quantitative estimate of drug-likeness (QED) is 0.216. The second-order valence-electron chi connectivity index (χ2n) is 6.36. The summed E-state index contributed by atoms with van der Waals surface area (Å²) >= 11 is 0. The largest absolute Gasteiger partial charge is 0.481 e. The van der Waals surface area contributed by atoms with Gasteiger partial charge in [-0.2, -0.15) is 0 Å². The number of nitro groups is 1. The molecule has 2 rings (SSSR count). The zero-order valence-electron chi connectivity index (χ0n) is 16.5. The van der Waals surface area contributed by atoms with E-state index in [0.717, 1.165) is 18.2 Å². The third kappa shape index (κ3) is 7.06. The summed E-state index contributed by atoms with van der Waals surface area (Å²) in [6.45, 7) is -0.195. The number of carbonyl (C=O) groups excluding carboxylic acids is 2. The summed E-state index contributed by atoms with van der Waals surface area (Å²) in [6.07, 6.45) is 0.480. The molecule has 32 heavy (non-hydrogen) atoms. The number of amides is 1. The lowest BCUT2D eigenvalue weighted by molar-refractivity contribution is -0.384. The van der Waals surface area contributed by atoms with E-state index in [0.29, 0.717) is 5.56 Å². The number of benzene rings is 2. The Kier molecular flexibility index (Phi) is 8.17. The third-order valence-electron chi connectivity index (χ3n) is 4.07. The maximum absolute atomic E-state index is 12.6. The summed E-state index contributed by atoms with van der Waals surface area (Å²) in [5, 5.41) is 30.5. The second-order valence-corrected chi connectivity index (χ2v) is 6.36. The molecule has 0 spiro atoms. The number of nitrogens with zero attached hydrogens (tertiary/aromatic N) is 1. The van der Waals surface area contributed by atoms with E-state index in [4.69, 9.17) is 14.9 Å². The number of nitrogens with one attached hydrogen (secondary N) is 1. The molecular weight excluding hydrogens is 424 g/mol. The van der Waals surface area contributed by atoms with Crippen LogP contribution in [0.1, 0.15) is 34.0 Å². The molecule has 2 aromatic carbocycles. The molecule has 0 radical (unpaired) electrons. The van der Waals surface area contributed by atoms with E-state index in [2.05, 4.69) is 5.32 Å². The maximum Gasteiger partial charge on any atom is 0.339 e. The van der Waals surface area contributed by atoms with E-state index in [1.807, 2.05) is 0 Å². The van der Waals surface area contributed by atoms with Gasteiger partial charge in [-0.1, -0.05) is 24.3 Å². The minimum atomic E-state index is -1.44. The normalized spacial score (nSPS) is 11.5. The Morgan fingerprint density at radius 2 is 1.66 bits per heavy atom. The number of non-ortho nitro benzene ring substituents is 1. The molecule has 0 aromatic heterocycles. The molecule has 3 N–H and O–H groups in total. The molecule has 11 nitrogen and oxygen atoms in total. The average Bonchev–Trinajstić information content (AvgIpc) is 2.76. The van der Waals surface area contributed by atoms with Gasteiger partial charge in [-0.05, 0) is 23.8 Å². The van der Waals surface area contributed by atoms with Crippen LogP contribution in [0.3, 0.4) is 0 Å². The zero-order valence-corrected chi connectivity index (χ0v) is 16.5. The van der Waals surface area contributed by atoms with Crippen molar-refractivity contribution in [3.05, 3.63) is 81.4 Å². The Bertz CT molecular complexity index is 1040. The number of hydrogen-bond acceptors (Lipinski definition) is 7. The van der Waals surface area contributed by atoms with Crippen molar-refractivity contribution in [2.24, 2.45) is 0 Å². The standard InChI is InChI=1S/C21H18N2O9/c24-17(25)10-3-13-1-4-14(5-2-13)19(20(28)22-12-11-18(26)27)32-21(29)15-6-8-16(9-7-15)23(30)31/h1-10,19H,11-12H2,(H,22,28)(H,24,25)(H,26,27)/b10-3+. The highest BCUT2D eigenvalue weighted by Crippen LogP contribution is 2.22. The molecule has 0 heterocycles. The maximum atomic E-state index is 12.6. The lowest BCUT2D eigenvalue weighted by atomic mass is 10.1. The lowest BCUT2D eigenvalue weighted by Crippen LogP contribution is -2.33. The third-order valence-corrected chi connectivity index (χ3v) is 4.07. The van der Waals surface area contributed by atoms with Crippen molar-refractivity contribution < 1.29 is 39.1 Å². The van der Waals surface area contributed by atoms with Crippen LogP contribution in [0.4, 0.5) is 5.69 Å². The van der Waals surface area contributed by atoms with Gasteiger partial charge in [-0.3, -0.25) is 19.7 Å². The fourth-order valence-electron chi connectivity index (χ4n) is 2.50. The number of carboxylic acid groups (broad SMARTS) is 2. The highest BCUT2D eigenvalue weighted by atomic mass is 16.6. The molecule has 0 saturated carbocycles. The molecule has 0 aliphatic rings. The second kappa shape index (κ2) is 11.0. The minimum Gasteiger partial charge on any atom is -0.481 e. The summed E-state index contributed by atoms with van der Waals surface area (Å²) in [4.78, 5) is 56.5. The van der Waals surface area contributed by atoms with E-state index >= 15 is 0 Å². The van der Waals surface area contributed by atoms with E-state index < -0.39 is 34.8 Å². The van der Waals surface area contributed by atoms with Crippen molar-refractivity contribution in [2.75, 3.05) is 6.54 Å². The summed E-state index contributed by atoms with van der Waals surface area (Å²) in [5.74, 6) is -3.95. The summed E-state index contributed by atoms with van der Waals surface area (Å²) in [7, 11) is 0. The Hall–Kier alpha value is -4.54. The van der Waals surface area contributed by atoms with Gasteiger partial charge in [-0.25, -0.2) is 9.59 Å². The van der Waals surface area contributed by atoms with E-state index in [1.165, 1.54) is 42.5 Å². The number of esters is 1. The Labute approximate surface area is 181 Å². The fraction of sp³-hybridized carbons (Fsp3) is 0.143. The van der Waals surface area contributed by atoms with Crippen LogP contribution in [0.15, 0.2) is 54.6 Å². The van der Waals surface area contributed by atoms with Gasteiger partial charge >= 0.3 is 17.9 Å². The van der Waals surface area contributed by atoms with Crippen LogP contribution >= 0.6 is 0 Å². The molecule has 1 amide bonds. The first-order valence-electron chi connectivity index (χ1n) is 9.13. The predicted octanol–water partition coefficient (Wildman–Crippen LogP) is 2.18. The molecule has 0 fully saturated rings. The van der Waals surface area contributed by atoms with Gasteiger partial charge in [0.15, 0.2) is 0 Å². The molecule has 0 saturated heterocycles. The Morgan fingerprint density at radius 3 is 2.19 bits per heavy atom. The van der Waals surface area contributed by atoms with Gasteiger partial charge in [0.1, 0.15) is 0 Å². The van der Waals surface area contributed by atoms with Crippen LogP contribution in [-0.4, -0.2) is 45.5 Å². The summed E-state index contributed by atoms with van der Waals surface area (Å²) in [6, 6.07) is 10.5.